The van der Waals surface area contributed by atoms with Crippen molar-refractivity contribution in [2.45, 2.75) is 13.5 Å². The van der Waals surface area contributed by atoms with Gasteiger partial charge in [0.1, 0.15) is 4.83 Å². The van der Waals surface area contributed by atoms with E-state index in [9.17, 15) is 4.79 Å². The van der Waals surface area contributed by atoms with E-state index in [2.05, 4.69) is 34.3 Å². The zero-order valence-electron chi connectivity index (χ0n) is 14.7. The molecule has 6 heteroatoms. The van der Waals surface area contributed by atoms with Gasteiger partial charge in [-0.1, -0.05) is 12.1 Å². The number of amides is 1. The second-order valence-corrected chi connectivity index (χ2v) is 7.29. The van der Waals surface area contributed by atoms with Gasteiger partial charge in [-0.25, -0.2) is 0 Å². The van der Waals surface area contributed by atoms with Crippen LogP contribution < -0.4 is 4.90 Å². The van der Waals surface area contributed by atoms with E-state index in [0.717, 1.165) is 32.0 Å². The molecule has 0 bridgehead atoms. The minimum Gasteiger partial charge on any atom is -0.378 e. The number of aryl methyl sites for hydroxylation is 2. The van der Waals surface area contributed by atoms with Crippen molar-refractivity contribution in [1.29, 1.82) is 0 Å². The molecule has 0 fully saturated rings. The lowest BCUT2D eigenvalue weighted by Gasteiger charge is -2.17. The molecule has 3 rings (SSSR count). The molecule has 126 valence electrons. The van der Waals surface area contributed by atoms with Crippen molar-refractivity contribution in [3.8, 4) is 0 Å². The summed E-state index contributed by atoms with van der Waals surface area (Å²) in [6.07, 6.45) is 0. The highest BCUT2D eigenvalue weighted by Gasteiger charge is 2.18. The van der Waals surface area contributed by atoms with Crippen LogP contribution in [0.1, 0.15) is 20.9 Å². The Labute approximate surface area is 146 Å². The van der Waals surface area contributed by atoms with Gasteiger partial charge in [0.25, 0.3) is 5.91 Å². The number of hydrogen-bond donors (Lipinski definition) is 0. The van der Waals surface area contributed by atoms with E-state index in [1.165, 1.54) is 11.3 Å². The monoisotopic (exact) mass is 342 g/mol. The van der Waals surface area contributed by atoms with Gasteiger partial charge in [0, 0.05) is 45.8 Å². The highest BCUT2D eigenvalue weighted by atomic mass is 32.1. The third kappa shape index (κ3) is 3.01. The SMILES string of the molecule is Cc1nn(C)c2sc(C(=O)N(C)Cc3ccc(N(C)C)cc3)cc12. The second-order valence-electron chi connectivity index (χ2n) is 6.26. The number of thiophene rings is 1. The number of rotatable bonds is 4. The Balaban J connectivity index is 1.77. The second kappa shape index (κ2) is 6.28. The van der Waals surface area contributed by atoms with Crippen molar-refractivity contribution in [3.63, 3.8) is 0 Å². The number of carbonyl (C=O) groups is 1. The maximum atomic E-state index is 12.7. The van der Waals surface area contributed by atoms with Crippen LogP contribution in [0.25, 0.3) is 10.2 Å². The van der Waals surface area contributed by atoms with Crippen molar-refractivity contribution in [3.05, 3.63) is 46.5 Å². The summed E-state index contributed by atoms with van der Waals surface area (Å²) in [5.74, 6) is 0.0484. The van der Waals surface area contributed by atoms with E-state index in [-0.39, 0.29) is 5.91 Å². The lowest BCUT2D eigenvalue weighted by atomic mass is 10.2. The Morgan fingerprint density at radius 3 is 2.46 bits per heavy atom. The summed E-state index contributed by atoms with van der Waals surface area (Å²) < 4.78 is 1.84. The zero-order chi connectivity index (χ0) is 17.4. The number of hydrogen-bond acceptors (Lipinski definition) is 4. The Hall–Kier alpha value is -2.34. The topological polar surface area (TPSA) is 41.4 Å². The normalized spacial score (nSPS) is 11.0. The van der Waals surface area contributed by atoms with E-state index < -0.39 is 0 Å². The van der Waals surface area contributed by atoms with Crippen LogP contribution in [0.2, 0.25) is 0 Å². The molecule has 0 N–H and O–H groups in total. The first-order valence-corrected chi connectivity index (χ1v) is 8.63. The number of fused-ring (bicyclic) bond motifs is 1. The summed E-state index contributed by atoms with van der Waals surface area (Å²) >= 11 is 1.50. The van der Waals surface area contributed by atoms with E-state index in [4.69, 9.17) is 0 Å². The molecule has 0 saturated heterocycles. The van der Waals surface area contributed by atoms with Gasteiger partial charge < -0.3 is 9.80 Å². The number of carbonyl (C=O) groups excluding carboxylic acids is 1. The van der Waals surface area contributed by atoms with Crippen LogP contribution in [0.3, 0.4) is 0 Å². The van der Waals surface area contributed by atoms with E-state index in [1.54, 1.807) is 4.90 Å². The van der Waals surface area contributed by atoms with E-state index in [0.29, 0.717) is 6.54 Å². The Morgan fingerprint density at radius 2 is 1.88 bits per heavy atom. The van der Waals surface area contributed by atoms with Crippen molar-refractivity contribution in [2.24, 2.45) is 7.05 Å². The molecule has 0 unspecified atom stereocenters. The molecule has 2 heterocycles. The molecular formula is C18H22N4OS. The third-order valence-electron chi connectivity index (χ3n) is 4.13. The van der Waals surface area contributed by atoms with Crippen LogP contribution in [-0.4, -0.2) is 41.7 Å². The maximum Gasteiger partial charge on any atom is 0.264 e. The van der Waals surface area contributed by atoms with Gasteiger partial charge in [-0.2, -0.15) is 5.10 Å². The molecule has 0 saturated carbocycles. The van der Waals surface area contributed by atoms with Gasteiger partial charge >= 0.3 is 0 Å². The fourth-order valence-corrected chi connectivity index (χ4v) is 3.86. The first-order chi connectivity index (χ1) is 11.4. The van der Waals surface area contributed by atoms with Crippen LogP contribution in [0.15, 0.2) is 30.3 Å². The molecule has 2 aromatic heterocycles. The largest absolute Gasteiger partial charge is 0.378 e. The number of anilines is 1. The lowest BCUT2D eigenvalue weighted by molar-refractivity contribution is 0.0790. The zero-order valence-corrected chi connectivity index (χ0v) is 15.5. The molecule has 24 heavy (non-hydrogen) atoms. The van der Waals surface area contributed by atoms with Crippen LogP contribution in [0.5, 0.6) is 0 Å². The summed E-state index contributed by atoms with van der Waals surface area (Å²) in [6, 6.07) is 10.2. The van der Waals surface area contributed by atoms with Gasteiger partial charge in [-0.15, -0.1) is 11.3 Å². The highest BCUT2D eigenvalue weighted by molar-refractivity contribution is 7.20. The van der Waals surface area contributed by atoms with E-state index in [1.807, 2.05) is 45.9 Å². The predicted molar refractivity (Wildman–Crippen MR) is 99.9 cm³/mol. The Kier molecular flexibility index (Phi) is 4.32. The highest BCUT2D eigenvalue weighted by Crippen LogP contribution is 2.28. The first kappa shape index (κ1) is 16.5. The molecular weight excluding hydrogens is 320 g/mol. The number of aromatic nitrogens is 2. The summed E-state index contributed by atoms with van der Waals surface area (Å²) in [7, 11) is 7.79. The molecule has 0 aliphatic rings. The fourth-order valence-electron chi connectivity index (χ4n) is 2.74. The molecule has 1 aromatic carbocycles. The van der Waals surface area contributed by atoms with Crippen molar-refractivity contribution >= 4 is 33.1 Å². The molecule has 0 aliphatic heterocycles. The summed E-state index contributed by atoms with van der Waals surface area (Å²) in [5, 5.41) is 5.45. The van der Waals surface area contributed by atoms with Gasteiger partial charge in [0.05, 0.1) is 10.6 Å². The minimum atomic E-state index is 0.0484. The van der Waals surface area contributed by atoms with Gasteiger partial charge in [-0.05, 0) is 30.7 Å². The first-order valence-electron chi connectivity index (χ1n) is 7.81. The molecule has 0 radical (unpaired) electrons. The van der Waals surface area contributed by atoms with Crippen LogP contribution >= 0.6 is 11.3 Å². The number of benzene rings is 1. The summed E-state index contributed by atoms with van der Waals surface area (Å²) in [6.45, 7) is 2.57. The smallest absolute Gasteiger partial charge is 0.264 e. The fraction of sp³-hybridized carbons (Fsp3) is 0.333. The van der Waals surface area contributed by atoms with Gasteiger partial charge in [0.2, 0.25) is 0 Å². The van der Waals surface area contributed by atoms with Crippen LogP contribution in [-0.2, 0) is 13.6 Å². The number of nitrogens with zero attached hydrogens (tertiary/aromatic N) is 4. The molecule has 3 aromatic rings. The Bertz CT molecular complexity index is 842. The molecule has 0 atom stereocenters. The lowest BCUT2D eigenvalue weighted by Crippen LogP contribution is -2.25. The molecule has 1 amide bonds. The quantitative estimate of drug-likeness (QED) is 0.731. The Morgan fingerprint density at radius 1 is 1.21 bits per heavy atom. The minimum absolute atomic E-state index is 0.0484. The van der Waals surface area contributed by atoms with Crippen LogP contribution in [0, 0.1) is 6.92 Å². The molecule has 5 nitrogen and oxygen atoms in total. The maximum absolute atomic E-state index is 12.7. The molecule has 0 spiro atoms. The van der Waals surface area contributed by atoms with Crippen molar-refractivity contribution in [1.82, 2.24) is 14.7 Å². The third-order valence-corrected chi connectivity index (χ3v) is 5.32. The van der Waals surface area contributed by atoms with Gasteiger partial charge in [-0.3, -0.25) is 9.48 Å². The predicted octanol–water partition coefficient (Wildman–Crippen LogP) is 3.28. The summed E-state index contributed by atoms with van der Waals surface area (Å²) in [5.41, 5.74) is 3.24. The average molecular weight is 342 g/mol. The van der Waals surface area contributed by atoms with Crippen molar-refractivity contribution < 1.29 is 4.79 Å². The van der Waals surface area contributed by atoms with Gasteiger partial charge in [0.15, 0.2) is 0 Å². The van der Waals surface area contributed by atoms with E-state index >= 15 is 0 Å². The average Bonchev–Trinajstić information content (AvgIpc) is 3.09. The van der Waals surface area contributed by atoms with Crippen LogP contribution in [0.4, 0.5) is 5.69 Å². The van der Waals surface area contributed by atoms with Crippen molar-refractivity contribution in [2.75, 3.05) is 26.0 Å². The molecule has 0 aliphatic carbocycles. The standard InChI is InChI=1S/C18H22N4OS/c1-12-15-10-16(24-18(15)22(5)19-12)17(23)21(4)11-13-6-8-14(9-7-13)20(2)3/h6-10H,11H2,1-5H3. The summed E-state index contributed by atoms with van der Waals surface area (Å²) in [4.78, 5) is 18.3.